The zero-order valence-electron chi connectivity index (χ0n) is 16.8. The van der Waals surface area contributed by atoms with Crippen LogP contribution in [-0.2, 0) is 0 Å². The van der Waals surface area contributed by atoms with Gasteiger partial charge in [-0.05, 0) is 25.7 Å². The standard InChI is InChI=1S/C16H36N.C3H9OSi/c1-5-9-13-17(14-10-6-2,15-11-7-3)16-12-8-4;1-5(2,3)4/h5-16H2,1-4H3;1-3H3/q+1;-1. The van der Waals surface area contributed by atoms with Crippen LogP contribution in [0.25, 0.3) is 0 Å². The molecule has 0 N–H and O–H groups in total. The van der Waals surface area contributed by atoms with E-state index in [1.165, 1.54) is 82.0 Å². The lowest BCUT2D eigenvalue weighted by Gasteiger charge is -2.39. The van der Waals surface area contributed by atoms with Crippen molar-refractivity contribution in [3.05, 3.63) is 0 Å². The molecule has 0 aromatic rings. The van der Waals surface area contributed by atoms with Gasteiger partial charge in [-0.2, -0.15) is 0 Å². The molecule has 22 heavy (non-hydrogen) atoms. The summed E-state index contributed by atoms with van der Waals surface area (Å²) in [5, 5.41) is 0. The number of hydrogen-bond donors (Lipinski definition) is 0. The Kier molecular flexibility index (Phi) is 16.3. The molecule has 0 bridgehead atoms. The Morgan fingerprint density at radius 3 is 0.909 bits per heavy atom. The Hall–Kier alpha value is 0.137. The topological polar surface area (TPSA) is 23.1 Å². The summed E-state index contributed by atoms with van der Waals surface area (Å²) in [6, 6.07) is 0. The Balaban J connectivity index is 0. The summed E-state index contributed by atoms with van der Waals surface area (Å²) in [5.41, 5.74) is 0. The van der Waals surface area contributed by atoms with E-state index in [-0.39, 0.29) is 0 Å². The molecule has 136 valence electrons. The lowest BCUT2D eigenvalue weighted by Crippen LogP contribution is -2.50. The first-order valence-electron chi connectivity index (χ1n) is 9.80. The normalized spacial score (nSPS) is 12.0. The zero-order chi connectivity index (χ0) is 17.5. The molecule has 0 unspecified atom stereocenters. The maximum atomic E-state index is 10.2. The van der Waals surface area contributed by atoms with E-state index in [1.54, 1.807) is 19.6 Å². The molecule has 0 amide bonds. The van der Waals surface area contributed by atoms with E-state index in [9.17, 15) is 4.80 Å². The second-order valence-electron chi connectivity index (χ2n) is 7.76. The summed E-state index contributed by atoms with van der Waals surface area (Å²) >= 11 is 0. The van der Waals surface area contributed by atoms with Crippen molar-refractivity contribution < 1.29 is 9.28 Å². The summed E-state index contributed by atoms with van der Waals surface area (Å²) < 4.78 is 1.42. The predicted octanol–water partition coefficient (Wildman–Crippen LogP) is 5.19. The Morgan fingerprint density at radius 1 is 0.591 bits per heavy atom. The molecule has 0 saturated carbocycles. The highest BCUT2D eigenvalue weighted by molar-refractivity contribution is 6.66. The summed E-state index contributed by atoms with van der Waals surface area (Å²) in [6.07, 6.45) is 11.1. The lowest BCUT2D eigenvalue weighted by atomic mass is 10.1. The number of quaternary nitrogens is 1. The molecule has 0 rings (SSSR count). The summed E-state index contributed by atoms with van der Waals surface area (Å²) in [6.45, 7) is 20.3. The van der Waals surface area contributed by atoms with Crippen LogP contribution in [0.15, 0.2) is 0 Å². The molecule has 0 aliphatic rings. The Bertz CT molecular complexity index is 182. The van der Waals surface area contributed by atoms with Crippen molar-refractivity contribution in [2.45, 2.75) is 98.7 Å². The van der Waals surface area contributed by atoms with Crippen LogP contribution in [0.4, 0.5) is 0 Å². The highest BCUT2D eigenvalue weighted by Gasteiger charge is 2.24. The van der Waals surface area contributed by atoms with Gasteiger partial charge in [-0.15, -0.1) is 0 Å². The maximum absolute atomic E-state index is 10.2. The first kappa shape index (κ1) is 24.4. The molecule has 0 aromatic carbocycles. The van der Waals surface area contributed by atoms with Gasteiger partial charge < -0.3 is 9.28 Å². The average molecular weight is 332 g/mol. The minimum absolute atomic E-state index is 1.35. The Labute approximate surface area is 143 Å². The van der Waals surface area contributed by atoms with Crippen molar-refractivity contribution in [2.75, 3.05) is 26.2 Å². The van der Waals surface area contributed by atoms with Crippen LogP contribution in [0.3, 0.4) is 0 Å². The van der Waals surface area contributed by atoms with Crippen LogP contribution in [0, 0.1) is 0 Å². The smallest absolute Gasteiger partial charge is 0.0786 e. The molecule has 0 atom stereocenters. The van der Waals surface area contributed by atoms with E-state index in [1.807, 2.05) is 0 Å². The van der Waals surface area contributed by atoms with Gasteiger partial charge in [0.1, 0.15) is 0 Å². The molecule has 0 aromatic heterocycles. The van der Waals surface area contributed by atoms with Gasteiger partial charge in [0.15, 0.2) is 0 Å². The van der Waals surface area contributed by atoms with Crippen molar-refractivity contribution in [3.8, 4) is 0 Å². The summed E-state index contributed by atoms with van der Waals surface area (Å²) in [4.78, 5) is 10.2. The first-order valence-corrected chi connectivity index (χ1v) is 13.2. The van der Waals surface area contributed by atoms with Gasteiger partial charge in [0.2, 0.25) is 0 Å². The molecule has 0 spiro atoms. The third-order valence-electron chi connectivity index (χ3n) is 3.94. The van der Waals surface area contributed by atoms with Crippen LogP contribution >= 0.6 is 0 Å². The molecule has 0 saturated heterocycles. The first-order chi connectivity index (χ1) is 10.2. The minimum Gasteiger partial charge on any atom is -0.859 e. The molecule has 0 fully saturated rings. The van der Waals surface area contributed by atoms with Gasteiger partial charge in [-0.25, -0.2) is 0 Å². The largest absolute Gasteiger partial charge is 0.859 e. The van der Waals surface area contributed by atoms with Crippen LogP contribution in [0.5, 0.6) is 0 Å². The minimum atomic E-state index is -1.86. The fraction of sp³-hybridized carbons (Fsp3) is 1.00. The van der Waals surface area contributed by atoms with Crippen LogP contribution < -0.4 is 4.80 Å². The van der Waals surface area contributed by atoms with E-state index in [4.69, 9.17) is 0 Å². The number of nitrogens with zero attached hydrogens (tertiary/aromatic N) is 1. The monoisotopic (exact) mass is 331 g/mol. The molecule has 0 aliphatic heterocycles. The second-order valence-corrected chi connectivity index (χ2v) is 12.0. The SMILES string of the molecule is CCCC[N+](CCCC)(CCCC)CCCC.C[Si](C)(C)[O-]. The van der Waals surface area contributed by atoms with Crippen molar-refractivity contribution in [1.29, 1.82) is 0 Å². The zero-order valence-corrected chi connectivity index (χ0v) is 17.8. The van der Waals surface area contributed by atoms with Gasteiger partial charge >= 0.3 is 0 Å². The third-order valence-corrected chi connectivity index (χ3v) is 3.94. The fourth-order valence-electron chi connectivity index (χ4n) is 2.64. The lowest BCUT2D eigenvalue weighted by molar-refractivity contribution is -0.929. The molecule has 0 heterocycles. The Morgan fingerprint density at radius 2 is 0.773 bits per heavy atom. The van der Waals surface area contributed by atoms with Crippen LogP contribution in [0.2, 0.25) is 19.6 Å². The van der Waals surface area contributed by atoms with Gasteiger partial charge in [-0.3, -0.25) is 0 Å². The second kappa shape index (κ2) is 14.7. The van der Waals surface area contributed by atoms with Crippen molar-refractivity contribution >= 4 is 8.32 Å². The quantitative estimate of drug-likeness (QED) is 0.357. The van der Waals surface area contributed by atoms with E-state index in [0.29, 0.717) is 0 Å². The molecule has 0 aliphatic carbocycles. The maximum Gasteiger partial charge on any atom is 0.0786 e. The highest BCUT2D eigenvalue weighted by Crippen LogP contribution is 2.16. The van der Waals surface area contributed by atoms with E-state index in [0.717, 1.165) is 0 Å². The predicted molar refractivity (Wildman–Crippen MR) is 103 cm³/mol. The van der Waals surface area contributed by atoms with Crippen molar-refractivity contribution in [3.63, 3.8) is 0 Å². The molecular weight excluding hydrogens is 286 g/mol. The summed E-state index contributed by atoms with van der Waals surface area (Å²) in [7, 11) is -1.86. The molecule has 3 heteroatoms. The van der Waals surface area contributed by atoms with E-state index >= 15 is 0 Å². The fourth-order valence-corrected chi connectivity index (χ4v) is 2.64. The molecule has 0 radical (unpaired) electrons. The number of hydrogen-bond acceptors (Lipinski definition) is 1. The average Bonchev–Trinajstić information content (AvgIpc) is 2.44. The van der Waals surface area contributed by atoms with Crippen LogP contribution in [0.1, 0.15) is 79.1 Å². The van der Waals surface area contributed by atoms with Crippen molar-refractivity contribution in [2.24, 2.45) is 0 Å². The number of rotatable bonds is 12. The van der Waals surface area contributed by atoms with Gasteiger partial charge in [0.25, 0.3) is 0 Å². The molecular formula is C19H45NOSi. The van der Waals surface area contributed by atoms with Crippen molar-refractivity contribution in [1.82, 2.24) is 0 Å². The molecule has 2 nitrogen and oxygen atoms in total. The third kappa shape index (κ3) is 18.2. The van der Waals surface area contributed by atoms with Gasteiger partial charge in [0.05, 0.1) is 26.2 Å². The number of unbranched alkanes of at least 4 members (excludes halogenated alkanes) is 4. The van der Waals surface area contributed by atoms with Gasteiger partial charge in [0, 0.05) is 0 Å². The van der Waals surface area contributed by atoms with E-state index < -0.39 is 8.32 Å². The highest BCUT2D eigenvalue weighted by atomic mass is 28.4. The van der Waals surface area contributed by atoms with Crippen LogP contribution in [-0.4, -0.2) is 39.0 Å². The summed E-state index contributed by atoms with van der Waals surface area (Å²) in [5.74, 6) is 0. The van der Waals surface area contributed by atoms with Gasteiger partial charge in [-0.1, -0.05) is 81.3 Å². The van der Waals surface area contributed by atoms with E-state index in [2.05, 4.69) is 27.7 Å².